The number of aromatic nitrogens is 3. The smallest absolute Gasteiger partial charge is 0.172 e. The molecule has 2 rings (SSSR count). The summed E-state index contributed by atoms with van der Waals surface area (Å²) in [6.07, 6.45) is 0.608. The molecule has 17 heavy (non-hydrogen) atoms. The Hall–Kier alpha value is -2.19. The summed E-state index contributed by atoms with van der Waals surface area (Å²) in [5, 5.41) is 16.7. The molecule has 0 saturated heterocycles. The van der Waals surface area contributed by atoms with E-state index in [-0.39, 0.29) is 12.2 Å². The Kier molecular flexibility index (Phi) is 3.17. The summed E-state index contributed by atoms with van der Waals surface area (Å²) in [7, 11) is 0. The zero-order chi connectivity index (χ0) is 12.3. The minimum Gasteiger partial charge on any atom is -0.296 e. The van der Waals surface area contributed by atoms with E-state index in [1.807, 2.05) is 6.07 Å². The molecule has 6 heteroatoms. The molecule has 0 unspecified atom stereocenters. The van der Waals surface area contributed by atoms with Crippen LogP contribution in [0.5, 0.6) is 0 Å². The lowest BCUT2D eigenvalue weighted by Crippen LogP contribution is -2.01. The fourth-order valence-electron chi connectivity index (χ4n) is 1.52. The molecule has 0 bridgehead atoms. The molecule has 1 heterocycles. The minimum absolute atomic E-state index is 0.0304. The summed E-state index contributed by atoms with van der Waals surface area (Å²) in [6.45, 7) is 0.0304. The summed E-state index contributed by atoms with van der Waals surface area (Å²) in [5.41, 5.74) is 1.41. The molecular formula is C11H7ClN4O. The molecule has 0 aliphatic carbocycles. The van der Waals surface area contributed by atoms with E-state index in [9.17, 15) is 4.79 Å². The highest BCUT2D eigenvalue weighted by molar-refractivity contribution is 6.30. The molecule has 0 aliphatic heterocycles. The highest BCUT2D eigenvalue weighted by Gasteiger charge is 2.14. The molecule has 0 spiro atoms. The van der Waals surface area contributed by atoms with Gasteiger partial charge >= 0.3 is 0 Å². The monoisotopic (exact) mass is 246 g/mol. The molecule has 0 saturated carbocycles. The van der Waals surface area contributed by atoms with Gasteiger partial charge in [-0.2, -0.15) is 5.26 Å². The number of aldehydes is 1. The van der Waals surface area contributed by atoms with Crippen LogP contribution in [0.15, 0.2) is 24.3 Å². The van der Waals surface area contributed by atoms with Gasteiger partial charge in [-0.15, -0.1) is 5.10 Å². The van der Waals surface area contributed by atoms with Gasteiger partial charge in [0, 0.05) is 10.6 Å². The van der Waals surface area contributed by atoms with Gasteiger partial charge in [0.25, 0.3) is 0 Å². The normalized spacial score (nSPS) is 9.88. The van der Waals surface area contributed by atoms with E-state index in [4.69, 9.17) is 16.9 Å². The van der Waals surface area contributed by atoms with Gasteiger partial charge in [0.2, 0.25) is 0 Å². The molecule has 0 radical (unpaired) electrons. The number of hydrogen-bond acceptors (Lipinski definition) is 4. The van der Waals surface area contributed by atoms with Crippen LogP contribution in [-0.2, 0) is 6.54 Å². The lowest BCUT2D eigenvalue weighted by atomic mass is 10.1. The predicted molar refractivity (Wildman–Crippen MR) is 61.5 cm³/mol. The first kappa shape index (κ1) is 11.3. The Morgan fingerprint density at radius 3 is 3.00 bits per heavy atom. The van der Waals surface area contributed by atoms with Crippen LogP contribution in [0.25, 0.3) is 11.3 Å². The molecule has 1 aromatic carbocycles. The van der Waals surface area contributed by atoms with E-state index in [0.717, 1.165) is 0 Å². The largest absolute Gasteiger partial charge is 0.296 e. The van der Waals surface area contributed by atoms with Crippen LogP contribution in [0.2, 0.25) is 5.02 Å². The second kappa shape index (κ2) is 4.76. The first-order chi connectivity index (χ1) is 8.26. The van der Waals surface area contributed by atoms with Crippen molar-refractivity contribution < 1.29 is 4.79 Å². The van der Waals surface area contributed by atoms with Gasteiger partial charge in [0.15, 0.2) is 12.0 Å². The molecule has 84 valence electrons. The highest BCUT2D eigenvalue weighted by atomic mass is 35.5. The molecule has 5 nitrogen and oxygen atoms in total. The van der Waals surface area contributed by atoms with Gasteiger partial charge in [0.1, 0.15) is 12.2 Å². The zero-order valence-electron chi connectivity index (χ0n) is 8.67. The average Bonchev–Trinajstić information content (AvgIpc) is 2.72. The van der Waals surface area contributed by atoms with Crippen LogP contribution in [-0.4, -0.2) is 21.3 Å². The summed E-state index contributed by atoms with van der Waals surface area (Å²) in [6, 6.07) is 8.92. The predicted octanol–water partition coefficient (Wildman–Crippen LogP) is 1.93. The lowest BCUT2D eigenvalue weighted by Gasteiger charge is -2.03. The van der Waals surface area contributed by atoms with E-state index in [1.54, 1.807) is 24.3 Å². The SMILES string of the molecule is N#CCn1nnc(C=O)c1-c1cccc(Cl)c1. The van der Waals surface area contributed by atoms with Crippen LogP contribution in [0.4, 0.5) is 0 Å². The van der Waals surface area contributed by atoms with Crippen molar-refractivity contribution in [2.24, 2.45) is 0 Å². The molecule has 0 fully saturated rings. The van der Waals surface area contributed by atoms with Crippen molar-refractivity contribution >= 4 is 17.9 Å². The number of benzene rings is 1. The second-order valence-corrected chi connectivity index (χ2v) is 3.70. The summed E-state index contributed by atoms with van der Waals surface area (Å²) in [5.74, 6) is 0. The van der Waals surface area contributed by atoms with Gasteiger partial charge in [-0.3, -0.25) is 4.79 Å². The van der Waals surface area contributed by atoms with Gasteiger partial charge in [-0.25, -0.2) is 4.68 Å². The standard InChI is InChI=1S/C11H7ClN4O/c12-9-3-1-2-8(6-9)11-10(7-17)14-15-16(11)5-4-13/h1-3,6-7H,5H2. The Bertz CT molecular complexity index is 600. The van der Waals surface area contributed by atoms with Crippen LogP contribution in [0.3, 0.4) is 0 Å². The van der Waals surface area contributed by atoms with Crippen LogP contribution in [0, 0.1) is 11.3 Å². The van der Waals surface area contributed by atoms with Crippen molar-refractivity contribution in [3.63, 3.8) is 0 Å². The number of hydrogen-bond donors (Lipinski definition) is 0. The van der Waals surface area contributed by atoms with Crippen molar-refractivity contribution in [3.8, 4) is 17.3 Å². The van der Waals surface area contributed by atoms with Gasteiger partial charge < -0.3 is 0 Å². The van der Waals surface area contributed by atoms with Crippen LogP contribution >= 0.6 is 11.6 Å². The minimum atomic E-state index is 0.0304. The summed E-state index contributed by atoms with van der Waals surface area (Å²) >= 11 is 5.88. The van der Waals surface area contributed by atoms with E-state index in [0.29, 0.717) is 22.6 Å². The van der Waals surface area contributed by atoms with Crippen molar-refractivity contribution in [2.45, 2.75) is 6.54 Å². The van der Waals surface area contributed by atoms with Crippen molar-refractivity contribution in [1.29, 1.82) is 5.26 Å². The molecule has 1 aromatic heterocycles. The third-order valence-corrected chi connectivity index (χ3v) is 2.43. The van der Waals surface area contributed by atoms with Gasteiger partial charge in [0.05, 0.1) is 6.07 Å². The van der Waals surface area contributed by atoms with Crippen molar-refractivity contribution in [3.05, 3.63) is 35.0 Å². The number of carbonyl (C=O) groups is 1. The second-order valence-electron chi connectivity index (χ2n) is 3.27. The molecular weight excluding hydrogens is 240 g/mol. The zero-order valence-corrected chi connectivity index (χ0v) is 9.42. The maximum absolute atomic E-state index is 10.9. The third kappa shape index (κ3) is 2.17. The molecule has 0 amide bonds. The average molecular weight is 247 g/mol. The first-order valence-corrected chi connectivity index (χ1v) is 5.15. The van der Waals surface area contributed by atoms with Crippen LogP contribution in [0.1, 0.15) is 10.5 Å². The highest BCUT2D eigenvalue weighted by Crippen LogP contribution is 2.24. The third-order valence-electron chi connectivity index (χ3n) is 2.19. The Labute approximate surface area is 102 Å². The van der Waals surface area contributed by atoms with E-state index < -0.39 is 0 Å². The van der Waals surface area contributed by atoms with E-state index in [1.165, 1.54) is 4.68 Å². The maximum atomic E-state index is 10.9. The van der Waals surface area contributed by atoms with Crippen molar-refractivity contribution in [2.75, 3.05) is 0 Å². The number of nitrogens with zero attached hydrogens (tertiary/aromatic N) is 4. The van der Waals surface area contributed by atoms with Crippen LogP contribution < -0.4 is 0 Å². The molecule has 0 aliphatic rings. The Morgan fingerprint density at radius 2 is 2.35 bits per heavy atom. The quantitative estimate of drug-likeness (QED) is 0.776. The van der Waals surface area contributed by atoms with Gasteiger partial charge in [-0.05, 0) is 12.1 Å². The Morgan fingerprint density at radius 1 is 1.53 bits per heavy atom. The number of rotatable bonds is 3. The number of carbonyl (C=O) groups excluding carboxylic acids is 1. The van der Waals surface area contributed by atoms with E-state index in [2.05, 4.69) is 10.3 Å². The van der Waals surface area contributed by atoms with Crippen molar-refractivity contribution in [1.82, 2.24) is 15.0 Å². The maximum Gasteiger partial charge on any atom is 0.172 e. The number of halogens is 1. The summed E-state index contributed by atoms with van der Waals surface area (Å²) in [4.78, 5) is 10.9. The first-order valence-electron chi connectivity index (χ1n) is 4.78. The fourth-order valence-corrected chi connectivity index (χ4v) is 1.71. The lowest BCUT2D eigenvalue weighted by molar-refractivity contribution is 0.111. The van der Waals surface area contributed by atoms with Gasteiger partial charge in [-0.1, -0.05) is 28.9 Å². The molecule has 0 N–H and O–H groups in total. The topological polar surface area (TPSA) is 71.6 Å². The fraction of sp³-hybridized carbons (Fsp3) is 0.0909. The Balaban J connectivity index is 2.60. The molecule has 0 atom stereocenters. The molecule has 2 aromatic rings. The van der Waals surface area contributed by atoms with E-state index >= 15 is 0 Å². The number of nitriles is 1. The summed E-state index contributed by atoms with van der Waals surface area (Å²) < 4.78 is 1.37.